The Morgan fingerprint density at radius 1 is 0.973 bits per heavy atom. The molecule has 0 bridgehead atoms. The predicted molar refractivity (Wildman–Crippen MR) is 149 cm³/mol. The maximum absolute atomic E-state index is 13.4. The topological polar surface area (TPSA) is 98.2 Å². The Hall–Kier alpha value is -3.33. The number of halogens is 1. The first-order chi connectivity index (χ1) is 17.7. The fourth-order valence-corrected chi connectivity index (χ4v) is 5.43. The van der Waals surface area contributed by atoms with Gasteiger partial charge in [0.05, 0.1) is 17.5 Å². The van der Waals surface area contributed by atoms with E-state index in [0.717, 1.165) is 39.5 Å². The van der Waals surface area contributed by atoms with Crippen LogP contribution in [0.25, 0.3) is 10.8 Å². The zero-order chi connectivity index (χ0) is 26.9. The number of fused-ring (bicyclic) bond motifs is 3. The number of likely N-dealkylation sites (N-methyl/N-ethyl adjacent to an activating group) is 1. The zero-order valence-electron chi connectivity index (χ0n) is 20.6. The number of carboxylic acid groups (broad SMARTS) is 2. The molecule has 9 heteroatoms. The van der Waals surface area contributed by atoms with Gasteiger partial charge in [-0.05, 0) is 42.2 Å². The van der Waals surface area contributed by atoms with Gasteiger partial charge in [-0.15, -0.1) is 11.8 Å². The van der Waals surface area contributed by atoms with Crippen LogP contribution in [0.4, 0.5) is 5.69 Å². The van der Waals surface area contributed by atoms with E-state index >= 15 is 0 Å². The lowest BCUT2D eigenvalue weighted by Crippen LogP contribution is -2.43. The Balaban J connectivity index is 0.000000414. The lowest BCUT2D eigenvalue weighted by Gasteiger charge is -2.36. The first kappa shape index (κ1) is 28.2. The highest BCUT2D eigenvalue weighted by Crippen LogP contribution is 2.48. The molecule has 4 rings (SSSR count). The zero-order valence-corrected chi connectivity index (χ0v) is 22.2. The normalized spacial score (nSPS) is 14.8. The number of rotatable bonds is 7. The second kappa shape index (κ2) is 13.3. The molecule has 3 aromatic rings. The van der Waals surface area contributed by atoms with Crippen LogP contribution in [-0.2, 0) is 14.4 Å². The summed E-state index contributed by atoms with van der Waals surface area (Å²) >= 11 is 7.92. The summed E-state index contributed by atoms with van der Waals surface area (Å²) in [6.07, 6.45) is 1.12. The van der Waals surface area contributed by atoms with Gasteiger partial charge in [0.1, 0.15) is 0 Å². The van der Waals surface area contributed by atoms with Crippen molar-refractivity contribution >= 4 is 57.7 Å². The number of aliphatic carboxylic acids is 2. The van der Waals surface area contributed by atoms with E-state index in [9.17, 15) is 14.4 Å². The number of thioether (sulfide) groups is 1. The van der Waals surface area contributed by atoms with Gasteiger partial charge in [0.15, 0.2) is 0 Å². The van der Waals surface area contributed by atoms with Crippen LogP contribution < -0.4 is 4.90 Å². The summed E-state index contributed by atoms with van der Waals surface area (Å²) in [5, 5.41) is 18.8. The van der Waals surface area contributed by atoms with E-state index in [2.05, 4.69) is 55.1 Å². The summed E-state index contributed by atoms with van der Waals surface area (Å²) in [5.41, 5.74) is 2.24. The number of carboxylic acids is 2. The van der Waals surface area contributed by atoms with Gasteiger partial charge in [-0.1, -0.05) is 67.9 Å². The van der Waals surface area contributed by atoms with E-state index < -0.39 is 11.9 Å². The smallest absolute Gasteiger partial charge is 0.328 e. The molecule has 194 valence electrons. The molecule has 1 aliphatic rings. The molecular formula is C28H29ClN2O5S. The van der Waals surface area contributed by atoms with Crippen LogP contribution in [0.3, 0.4) is 0 Å². The summed E-state index contributed by atoms with van der Waals surface area (Å²) in [7, 11) is 0. The van der Waals surface area contributed by atoms with Crippen LogP contribution >= 0.6 is 23.4 Å². The van der Waals surface area contributed by atoms with Crippen molar-refractivity contribution in [3.8, 4) is 0 Å². The monoisotopic (exact) mass is 540 g/mol. The van der Waals surface area contributed by atoms with Crippen LogP contribution in [0, 0.1) is 0 Å². The van der Waals surface area contributed by atoms with Crippen molar-refractivity contribution in [2.24, 2.45) is 0 Å². The number of amides is 1. The SMILES string of the molecule is CCN(CC)CC(=O)N1CC(c2ccc(Cl)cc2)Sc2ccc3ccccc3c21.O=C(O)/C=C/C(=O)O. The van der Waals surface area contributed by atoms with Gasteiger partial charge in [-0.2, -0.15) is 0 Å². The molecule has 0 spiro atoms. The maximum atomic E-state index is 13.4. The number of anilines is 1. The van der Waals surface area contributed by atoms with Crippen LogP contribution in [-0.4, -0.2) is 59.1 Å². The summed E-state index contributed by atoms with van der Waals surface area (Å²) in [6.45, 7) is 7.04. The van der Waals surface area contributed by atoms with Gasteiger partial charge in [0.2, 0.25) is 5.91 Å². The van der Waals surface area contributed by atoms with Crippen LogP contribution in [0.15, 0.2) is 77.7 Å². The molecule has 3 aromatic carbocycles. The molecule has 7 nitrogen and oxygen atoms in total. The molecule has 1 atom stereocenters. The summed E-state index contributed by atoms with van der Waals surface area (Å²) in [6, 6.07) is 20.6. The lowest BCUT2D eigenvalue weighted by atomic mass is 10.1. The largest absolute Gasteiger partial charge is 0.478 e. The van der Waals surface area contributed by atoms with E-state index in [-0.39, 0.29) is 11.2 Å². The highest BCUT2D eigenvalue weighted by atomic mass is 35.5. The standard InChI is InChI=1S/C24H25ClN2OS.C4H4O4/c1-3-26(4-2)16-23(28)27-15-22(18-9-12-19(25)13-10-18)29-21-14-11-17-7-5-6-8-20(17)24(21)27;5-3(6)1-2-4(7)8/h5-14,22H,3-4,15-16H2,1-2H3;1-2H,(H,5,6)(H,7,8)/b;2-1+. The third-order valence-corrected chi connectivity index (χ3v) is 7.46. The Kier molecular flexibility index (Phi) is 10.1. The molecule has 37 heavy (non-hydrogen) atoms. The lowest BCUT2D eigenvalue weighted by molar-refractivity contribution is -0.134. The van der Waals surface area contributed by atoms with Crippen molar-refractivity contribution in [1.29, 1.82) is 0 Å². The van der Waals surface area contributed by atoms with Gasteiger partial charge in [-0.25, -0.2) is 9.59 Å². The van der Waals surface area contributed by atoms with E-state index in [1.165, 1.54) is 5.56 Å². The first-order valence-electron chi connectivity index (χ1n) is 11.8. The second-order valence-electron chi connectivity index (χ2n) is 8.27. The van der Waals surface area contributed by atoms with Crippen molar-refractivity contribution in [2.75, 3.05) is 31.1 Å². The third kappa shape index (κ3) is 7.58. The van der Waals surface area contributed by atoms with E-state index in [4.69, 9.17) is 21.8 Å². The number of carbonyl (C=O) groups excluding carboxylic acids is 1. The molecule has 2 N–H and O–H groups in total. The van der Waals surface area contributed by atoms with Gasteiger partial charge < -0.3 is 15.1 Å². The molecular weight excluding hydrogens is 512 g/mol. The number of hydrogen-bond acceptors (Lipinski definition) is 5. The van der Waals surface area contributed by atoms with Crippen LogP contribution in [0.1, 0.15) is 24.7 Å². The quantitative estimate of drug-likeness (QED) is 0.369. The second-order valence-corrected chi connectivity index (χ2v) is 9.95. The molecule has 1 unspecified atom stereocenters. The number of carbonyl (C=O) groups is 3. The number of nitrogens with zero attached hydrogens (tertiary/aromatic N) is 2. The molecule has 0 radical (unpaired) electrons. The summed E-state index contributed by atoms with van der Waals surface area (Å²) in [5.74, 6) is -2.36. The molecule has 1 amide bonds. The summed E-state index contributed by atoms with van der Waals surface area (Å²) in [4.78, 5) is 37.9. The predicted octanol–water partition coefficient (Wildman–Crippen LogP) is 5.73. The number of benzene rings is 3. The molecule has 1 aliphatic heterocycles. The van der Waals surface area contributed by atoms with Crippen molar-refractivity contribution in [3.05, 3.63) is 83.4 Å². The van der Waals surface area contributed by atoms with Crippen molar-refractivity contribution in [1.82, 2.24) is 4.90 Å². The highest BCUT2D eigenvalue weighted by molar-refractivity contribution is 7.99. The Labute approximate surface area is 225 Å². The molecule has 0 saturated heterocycles. The van der Waals surface area contributed by atoms with E-state index in [0.29, 0.717) is 25.2 Å². The Bertz CT molecular complexity index is 1280. The molecule has 0 aromatic heterocycles. The van der Waals surface area contributed by atoms with Gasteiger partial charge in [0, 0.05) is 34.0 Å². The minimum Gasteiger partial charge on any atom is -0.478 e. The molecule has 0 saturated carbocycles. The van der Waals surface area contributed by atoms with Crippen molar-refractivity contribution in [3.63, 3.8) is 0 Å². The van der Waals surface area contributed by atoms with Crippen LogP contribution in [0.2, 0.25) is 5.02 Å². The van der Waals surface area contributed by atoms with Crippen LogP contribution in [0.5, 0.6) is 0 Å². The van der Waals surface area contributed by atoms with E-state index in [1.54, 1.807) is 0 Å². The minimum absolute atomic E-state index is 0.158. The maximum Gasteiger partial charge on any atom is 0.328 e. The van der Waals surface area contributed by atoms with Gasteiger partial charge in [0.25, 0.3) is 0 Å². The third-order valence-electron chi connectivity index (χ3n) is 5.92. The highest BCUT2D eigenvalue weighted by Gasteiger charge is 2.32. The fourth-order valence-electron chi connectivity index (χ4n) is 4.00. The molecule has 1 heterocycles. The average molecular weight is 541 g/mol. The van der Waals surface area contributed by atoms with E-state index in [1.807, 2.05) is 40.9 Å². The Morgan fingerprint density at radius 3 is 2.19 bits per heavy atom. The number of hydrogen-bond donors (Lipinski definition) is 2. The Morgan fingerprint density at radius 2 is 1.59 bits per heavy atom. The first-order valence-corrected chi connectivity index (χ1v) is 13.1. The molecule has 0 aliphatic carbocycles. The molecule has 0 fully saturated rings. The van der Waals surface area contributed by atoms with Crippen molar-refractivity contribution in [2.45, 2.75) is 24.0 Å². The average Bonchev–Trinajstić information content (AvgIpc) is 2.90. The van der Waals surface area contributed by atoms with Crippen molar-refractivity contribution < 1.29 is 24.6 Å². The fraction of sp³-hybridized carbons (Fsp3) is 0.250. The van der Waals surface area contributed by atoms with Gasteiger partial charge in [-0.3, -0.25) is 9.69 Å². The van der Waals surface area contributed by atoms with Gasteiger partial charge >= 0.3 is 11.9 Å². The minimum atomic E-state index is -1.26. The summed E-state index contributed by atoms with van der Waals surface area (Å²) < 4.78 is 0.